The van der Waals surface area contributed by atoms with Crippen molar-refractivity contribution in [2.24, 2.45) is 11.8 Å². The molecule has 0 spiro atoms. The van der Waals surface area contributed by atoms with Crippen LogP contribution in [0.15, 0.2) is 55.0 Å². The van der Waals surface area contributed by atoms with Crippen LogP contribution in [0.2, 0.25) is 0 Å². The van der Waals surface area contributed by atoms with Gasteiger partial charge >= 0.3 is 5.97 Å². The van der Waals surface area contributed by atoms with Crippen LogP contribution in [0, 0.1) is 11.8 Å². The molecule has 4 aromatic rings. The monoisotopic (exact) mass is 544 g/mol. The second kappa shape index (κ2) is 13.3. The number of fused-ring (bicyclic) bond motifs is 1. The Morgan fingerprint density at radius 3 is 2.27 bits per heavy atom. The smallest absolute Gasteiger partial charge is 0.337 e. The fraction of sp³-hybridized carbons (Fsp3) is 0.419. The van der Waals surface area contributed by atoms with Crippen LogP contribution in [0.3, 0.4) is 0 Å². The predicted octanol–water partition coefficient (Wildman–Crippen LogP) is 6.07. The lowest BCUT2D eigenvalue weighted by Gasteiger charge is -2.24. The van der Waals surface area contributed by atoms with Gasteiger partial charge in [0.25, 0.3) is 5.91 Å². The van der Waals surface area contributed by atoms with Gasteiger partial charge in [0.2, 0.25) is 5.95 Å². The largest absolute Gasteiger partial charge is 0.465 e. The van der Waals surface area contributed by atoms with Crippen molar-refractivity contribution in [1.82, 2.24) is 24.4 Å². The van der Waals surface area contributed by atoms with Gasteiger partial charge in [0, 0.05) is 43.5 Å². The van der Waals surface area contributed by atoms with Crippen molar-refractivity contribution >= 4 is 34.5 Å². The van der Waals surface area contributed by atoms with Crippen LogP contribution in [-0.4, -0.2) is 56.5 Å². The molecule has 40 heavy (non-hydrogen) atoms. The molecule has 0 unspecified atom stereocenters. The molecule has 0 aliphatic heterocycles. The summed E-state index contributed by atoms with van der Waals surface area (Å²) in [6, 6.07) is 12.8. The van der Waals surface area contributed by atoms with E-state index in [0.29, 0.717) is 41.9 Å². The first-order valence-electron chi connectivity index (χ1n) is 14.0. The maximum atomic E-state index is 13.7. The van der Waals surface area contributed by atoms with Crippen LogP contribution >= 0.6 is 0 Å². The molecule has 2 aromatic carbocycles. The number of ether oxygens (including phenoxy) is 1. The molecule has 2 heterocycles. The fourth-order valence-electron chi connectivity index (χ4n) is 4.49. The molecule has 2 aromatic heterocycles. The average Bonchev–Trinajstić information content (AvgIpc) is 3.58. The van der Waals surface area contributed by atoms with Gasteiger partial charge in [-0.15, -0.1) is 0 Å². The van der Waals surface area contributed by atoms with E-state index in [-0.39, 0.29) is 11.9 Å². The van der Waals surface area contributed by atoms with Crippen molar-refractivity contribution in [3.63, 3.8) is 0 Å². The van der Waals surface area contributed by atoms with Gasteiger partial charge < -0.3 is 24.5 Å². The van der Waals surface area contributed by atoms with E-state index >= 15 is 0 Å². The SMILES string of the molecule is COC(=O)c1ccc(Nc2nc3ccc(C(=O)N(CCC(C)C)CCC(C)C)cc3n2CCc2c[nH]cn2)cc1. The van der Waals surface area contributed by atoms with Crippen LogP contribution in [0.25, 0.3) is 11.0 Å². The summed E-state index contributed by atoms with van der Waals surface area (Å²) in [5.41, 5.74) is 4.54. The quantitative estimate of drug-likeness (QED) is 0.198. The Labute approximate surface area is 236 Å². The van der Waals surface area contributed by atoms with E-state index in [1.165, 1.54) is 7.11 Å². The standard InChI is InChI=1S/C31H40N6O3/c1-21(2)12-15-36(16-13-22(3)4)29(38)24-8-11-27-28(18-24)37(17-14-26-19-32-20-33-26)31(35-27)34-25-9-6-23(7-10-25)30(39)40-5/h6-11,18-22H,12-17H2,1-5H3,(H,32,33)(H,34,35). The van der Waals surface area contributed by atoms with Gasteiger partial charge in [-0.1, -0.05) is 27.7 Å². The molecule has 1 amide bonds. The van der Waals surface area contributed by atoms with Crippen LogP contribution < -0.4 is 5.32 Å². The minimum Gasteiger partial charge on any atom is -0.465 e. The minimum absolute atomic E-state index is 0.0520. The Bertz CT molecular complexity index is 1400. The minimum atomic E-state index is -0.384. The molecular weight excluding hydrogens is 504 g/mol. The maximum Gasteiger partial charge on any atom is 0.337 e. The van der Waals surface area contributed by atoms with Crippen molar-refractivity contribution in [3.05, 3.63) is 71.8 Å². The van der Waals surface area contributed by atoms with E-state index < -0.39 is 0 Å². The zero-order chi connectivity index (χ0) is 28.6. The highest BCUT2D eigenvalue weighted by atomic mass is 16.5. The lowest BCUT2D eigenvalue weighted by molar-refractivity contribution is 0.0600. The molecule has 0 bridgehead atoms. The highest BCUT2D eigenvalue weighted by Crippen LogP contribution is 2.26. The number of hydrogen-bond donors (Lipinski definition) is 2. The van der Waals surface area contributed by atoms with Crippen LogP contribution in [0.4, 0.5) is 11.6 Å². The second-order valence-electron chi connectivity index (χ2n) is 11.0. The lowest BCUT2D eigenvalue weighted by atomic mass is 10.1. The van der Waals surface area contributed by atoms with Crippen molar-refractivity contribution < 1.29 is 14.3 Å². The average molecular weight is 545 g/mol. The van der Waals surface area contributed by atoms with Gasteiger partial charge in [-0.2, -0.15) is 0 Å². The number of anilines is 2. The summed E-state index contributed by atoms with van der Waals surface area (Å²) in [4.78, 5) is 39.8. The summed E-state index contributed by atoms with van der Waals surface area (Å²) in [7, 11) is 1.36. The van der Waals surface area contributed by atoms with E-state index in [1.807, 2.05) is 41.4 Å². The third-order valence-corrected chi connectivity index (χ3v) is 6.94. The van der Waals surface area contributed by atoms with Crippen molar-refractivity contribution in [1.29, 1.82) is 0 Å². The number of carbonyl (C=O) groups excluding carboxylic acids is 2. The topological polar surface area (TPSA) is 105 Å². The van der Waals surface area contributed by atoms with Gasteiger partial charge in [0.05, 0.1) is 35.7 Å². The summed E-state index contributed by atoms with van der Waals surface area (Å²) >= 11 is 0. The zero-order valence-electron chi connectivity index (χ0n) is 24.1. The van der Waals surface area contributed by atoms with E-state index in [9.17, 15) is 9.59 Å². The van der Waals surface area contributed by atoms with Crippen molar-refractivity contribution in [3.8, 4) is 0 Å². The Balaban J connectivity index is 1.66. The Hall–Kier alpha value is -4.14. The summed E-state index contributed by atoms with van der Waals surface area (Å²) in [5.74, 6) is 1.37. The number of imidazole rings is 2. The summed E-state index contributed by atoms with van der Waals surface area (Å²) in [6.07, 6.45) is 6.18. The molecule has 4 rings (SSSR count). The van der Waals surface area contributed by atoms with Crippen LogP contribution in [0.5, 0.6) is 0 Å². The van der Waals surface area contributed by atoms with E-state index in [2.05, 4.69) is 47.5 Å². The molecule has 0 aliphatic rings. The highest BCUT2D eigenvalue weighted by Gasteiger charge is 2.20. The number of rotatable bonds is 13. The number of nitrogens with one attached hydrogen (secondary N) is 2. The molecule has 9 nitrogen and oxygen atoms in total. The molecule has 0 radical (unpaired) electrons. The fourth-order valence-corrected chi connectivity index (χ4v) is 4.49. The summed E-state index contributed by atoms with van der Waals surface area (Å²) in [5, 5.41) is 3.39. The predicted molar refractivity (Wildman–Crippen MR) is 158 cm³/mol. The molecule has 0 fully saturated rings. The number of carbonyl (C=O) groups is 2. The van der Waals surface area contributed by atoms with Crippen LogP contribution in [-0.2, 0) is 17.7 Å². The number of amides is 1. The maximum absolute atomic E-state index is 13.7. The number of benzene rings is 2. The van der Waals surface area contributed by atoms with Gasteiger partial charge in [-0.3, -0.25) is 4.79 Å². The number of aryl methyl sites for hydroxylation is 2. The molecule has 9 heteroatoms. The number of nitrogens with zero attached hydrogens (tertiary/aromatic N) is 4. The number of H-pyrrole nitrogens is 1. The molecule has 0 atom stereocenters. The third-order valence-electron chi connectivity index (χ3n) is 6.94. The van der Waals surface area contributed by atoms with Gasteiger partial charge in [-0.05, 0) is 67.1 Å². The number of methoxy groups -OCH3 is 1. The Kier molecular flexibility index (Phi) is 9.58. The molecule has 0 saturated heterocycles. The molecule has 2 N–H and O–H groups in total. The first-order valence-corrected chi connectivity index (χ1v) is 14.0. The van der Waals surface area contributed by atoms with Crippen molar-refractivity contribution in [2.75, 3.05) is 25.5 Å². The van der Waals surface area contributed by atoms with E-state index in [0.717, 1.165) is 48.3 Å². The number of aromatic amines is 1. The van der Waals surface area contributed by atoms with Gasteiger partial charge in [0.1, 0.15) is 0 Å². The Morgan fingerprint density at radius 2 is 1.68 bits per heavy atom. The lowest BCUT2D eigenvalue weighted by Crippen LogP contribution is -2.34. The van der Waals surface area contributed by atoms with Crippen LogP contribution in [0.1, 0.15) is 66.9 Å². The highest BCUT2D eigenvalue weighted by molar-refractivity contribution is 5.98. The number of aromatic nitrogens is 4. The third kappa shape index (κ3) is 7.28. The first-order chi connectivity index (χ1) is 19.2. The number of hydrogen-bond acceptors (Lipinski definition) is 6. The van der Waals surface area contributed by atoms with Gasteiger partial charge in [-0.25, -0.2) is 14.8 Å². The molecular formula is C31H40N6O3. The Morgan fingerprint density at radius 1 is 1.00 bits per heavy atom. The van der Waals surface area contributed by atoms with Crippen molar-refractivity contribution in [2.45, 2.75) is 53.5 Å². The normalized spacial score (nSPS) is 11.4. The van der Waals surface area contributed by atoms with Gasteiger partial charge in [0.15, 0.2) is 0 Å². The van der Waals surface area contributed by atoms with E-state index in [1.54, 1.807) is 18.5 Å². The molecule has 0 saturated carbocycles. The zero-order valence-corrected chi connectivity index (χ0v) is 24.1. The first kappa shape index (κ1) is 28.9. The summed E-state index contributed by atoms with van der Waals surface area (Å²) in [6.45, 7) is 10.9. The molecule has 212 valence electrons. The second-order valence-corrected chi connectivity index (χ2v) is 11.0. The summed E-state index contributed by atoms with van der Waals surface area (Å²) < 4.78 is 6.89. The number of esters is 1. The molecule has 0 aliphatic carbocycles. The van der Waals surface area contributed by atoms with E-state index in [4.69, 9.17) is 9.72 Å².